The molecule has 2 aromatic heterocycles. The monoisotopic (exact) mass is 447 g/mol. The fourth-order valence-electron chi connectivity index (χ4n) is 3.97. The first-order valence-corrected chi connectivity index (χ1v) is 9.87. The number of nitrogens with zero attached hydrogens (tertiary/aromatic N) is 3. The van der Waals surface area contributed by atoms with Crippen LogP contribution in [0.1, 0.15) is 30.6 Å². The number of rotatable bonds is 3. The Morgan fingerprint density at radius 3 is 2.53 bits per heavy atom. The number of aromatic nitrogens is 2. The number of carboxylic acids is 1. The lowest BCUT2D eigenvalue weighted by molar-refractivity contribution is 0.0332. The van der Waals surface area contributed by atoms with E-state index in [1.807, 2.05) is 13.8 Å². The fourth-order valence-corrected chi connectivity index (χ4v) is 3.97. The van der Waals surface area contributed by atoms with E-state index in [9.17, 15) is 28.6 Å². The largest absolute Gasteiger partial charge is 0.477 e. The van der Waals surface area contributed by atoms with Gasteiger partial charge in [0.15, 0.2) is 17.3 Å². The molecular weight excluding hydrogens is 427 g/mol. The van der Waals surface area contributed by atoms with E-state index < -0.39 is 45.9 Å². The predicted octanol–water partition coefficient (Wildman–Crippen LogP) is 3.10. The van der Waals surface area contributed by atoms with Crippen LogP contribution in [0.2, 0.25) is 0 Å². The molecule has 1 atom stereocenters. The van der Waals surface area contributed by atoms with Crippen LogP contribution in [0.3, 0.4) is 0 Å². The van der Waals surface area contributed by atoms with Crippen molar-refractivity contribution in [2.45, 2.75) is 26.4 Å². The lowest BCUT2D eigenvalue weighted by Crippen LogP contribution is -2.49. The van der Waals surface area contributed by atoms with Gasteiger partial charge in [-0.1, -0.05) is 13.8 Å². The summed E-state index contributed by atoms with van der Waals surface area (Å²) in [5, 5.41) is 19.2. The van der Waals surface area contributed by atoms with Crippen molar-refractivity contribution in [2.75, 3.05) is 18.0 Å². The summed E-state index contributed by atoms with van der Waals surface area (Å²) in [4.78, 5) is 30.1. The Kier molecular flexibility index (Phi) is 5.20. The minimum Gasteiger partial charge on any atom is -0.477 e. The first-order valence-electron chi connectivity index (χ1n) is 9.87. The van der Waals surface area contributed by atoms with Crippen LogP contribution < -0.4 is 10.3 Å². The van der Waals surface area contributed by atoms with Crippen molar-refractivity contribution in [2.24, 2.45) is 5.41 Å². The number of hydrogen-bond acceptors (Lipinski definition) is 5. The van der Waals surface area contributed by atoms with E-state index in [0.29, 0.717) is 19.0 Å². The summed E-state index contributed by atoms with van der Waals surface area (Å²) < 4.78 is 44.0. The zero-order valence-electron chi connectivity index (χ0n) is 17.3. The van der Waals surface area contributed by atoms with Gasteiger partial charge in [0.05, 0.1) is 17.2 Å². The molecule has 1 aliphatic heterocycles. The highest BCUT2D eigenvalue weighted by Crippen LogP contribution is 2.33. The summed E-state index contributed by atoms with van der Waals surface area (Å²) in [7, 11) is 0. The van der Waals surface area contributed by atoms with E-state index in [1.54, 1.807) is 4.90 Å². The zero-order valence-corrected chi connectivity index (χ0v) is 17.3. The summed E-state index contributed by atoms with van der Waals surface area (Å²) in [6, 6.07) is 3.54. The summed E-state index contributed by atoms with van der Waals surface area (Å²) in [5.41, 5.74) is -2.67. The van der Waals surface area contributed by atoms with Crippen molar-refractivity contribution >= 4 is 22.8 Å². The molecule has 1 unspecified atom stereocenters. The summed E-state index contributed by atoms with van der Waals surface area (Å²) in [5.74, 6) is -4.40. The third-order valence-electron chi connectivity index (χ3n) is 5.79. The number of aliphatic hydroxyl groups excluding tert-OH is 1. The SMILES string of the molecule is CC1(C)CN(c2nc3c(cc2F)c(=O)c(C(=O)O)cn3-c2ccc(F)cc2F)CCC1O. The molecule has 168 valence electrons. The highest BCUT2D eigenvalue weighted by atomic mass is 19.1. The highest BCUT2D eigenvalue weighted by molar-refractivity contribution is 5.92. The van der Waals surface area contributed by atoms with Gasteiger partial charge in [0.25, 0.3) is 0 Å². The van der Waals surface area contributed by atoms with Crippen molar-refractivity contribution in [3.05, 3.63) is 63.7 Å². The molecule has 1 fully saturated rings. The van der Waals surface area contributed by atoms with Crippen LogP contribution in [0.25, 0.3) is 16.7 Å². The van der Waals surface area contributed by atoms with Crippen LogP contribution in [0.15, 0.2) is 35.3 Å². The van der Waals surface area contributed by atoms with Crippen LogP contribution in [0, 0.1) is 22.9 Å². The van der Waals surface area contributed by atoms with Crippen LogP contribution in [-0.2, 0) is 0 Å². The maximum absolute atomic E-state index is 15.0. The number of aromatic carboxylic acids is 1. The highest BCUT2D eigenvalue weighted by Gasteiger charge is 2.36. The average molecular weight is 447 g/mol. The Balaban J connectivity index is 2.00. The van der Waals surface area contributed by atoms with E-state index in [0.717, 1.165) is 29.0 Å². The maximum Gasteiger partial charge on any atom is 0.341 e. The van der Waals surface area contributed by atoms with E-state index in [-0.39, 0.29) is 29.1 Å². The number of piperidine rings is 1. The summed E-state index contributed by atoms with van der Waals surface area (Å²) >= 11 is 0. The Bertz CT molecular complexity index is 1310. The van der Waals surface area contributed by atoms with Gasteiger partial charge in [0, 0.05) is 30.8 Å². The van der Waals surface area contributed by atoms with Crippen LogP contribution in [-0.4, -0.2) is 44.9 Å². The van der Waals surface area contributed by atoms with Gasteiger partial charge in [-0.15, -0.1) is 0 Å². The molecule has 0 spiro atoms. The molecule has 1 saturated heterocycles. The van der Waals surface area contributed by atoms with Crippen LogP contribution in [0.5, 0.6) is 0 Å². The molecule has 2 N–H and O–H groups in total. The molecular formula is C22H20F3N3O4. The summed E-state index contributed by atoms with van der Waals surface area (Å²) in [6.07, 6.45) is 0.665. The second-order valence-corrected chi connectivity index (χ2v) is 8.52. The van der Waals surface area contributed by atoms with Gasteiger partial charge in [0.1, 0.15) is 17.2 Å². The molecule has 1 aromatic carbocycles. The molecule has 0 amide bonds. The number of carbonyl (C=O) groups is 1. The number of aliphatic hydroxyl groups is 1. The smallest absolute Gasteiger partial charge is 0.341 e. The Labute approximate surface area is 180 Å². The van der Waals surface area contributed by atoms with Crippen molar-refractivity contribution in [3.8, 4) is 5.69 Å². The van der Waals surface area contributed by atoms with Gasteiger partial charge in [0.2, 0.25) is 5.43 Å². The molecule has 4 rings (SSSR count). The number of pyridine rings is 2. The number of fused-ring (bicyclic) bond motifs is 1. The normalized spacial score (nSPS) is 18.2. The molecule has 7 nitrogen and oxygen atoms in total. The standard InChI is InChI=1S/C22H20F3N3O4/c1-22(2)10-27(6-5-17(22)29)20-15(25)8-12-18(30)13(21(31)32)9-28(19(12)26-20)16-4-3-11(23)7-14(16)24/h3-4,7-9,17,29H,5-6,10H2,1-2H3,(H,31,32). The fraction of sp³-hybridized carbons (Fsp3) is 0.318. The lowest BCUT2D eigenvalue weighted by atomic mass is 9.81. The van der Waals surface area contributed by atoms with E-state index in [2.05, 4.69) is 4.98 Å². The molecule has 10 heteroatoms. The molecule has 0 bridgehead atoms. The third-order valence-corrected chi connectivity index (χ3v) is 5.79. The summed E-state index contributed by atoms with van der Waals surface area (Å²) in [6.45, 7) is 4.21. The van der Waals surface area contributed by atoms with Crippen molar-refractivity contribution in [1.29, 1.82) is 0 Å². The molecule has 1 aliphatic rings. The molecule has 0 saturated carbocycles. The van der Waals surface area contributed by atoms with Gasteiger partial charge in [-0.2, -0.15) is 0 Å². The van der Waals surface area contributed by atoms with Gasteiger partial charge >= 0.3 is 5.97 Å². The minimum absolute atomic E-state index is 0.115. The van der Waals surface area contributed by atoms with Crippen molar-refractivity contribution < 1.29 is 28.2 Å². The van der Waals surface area contributed by atoms with Gasteiger partial charge in [-0.25, -0.2) is 22.9 Å². The van der Waals surface area contributed by atoms with Gasteiger partial charge < -0.3 is 15.1 Å². The number of carboxylic acid groups (broad SMARTS) is 1. The first kappa shape index (κ1) is 21.8. The number of hydrogen-bond donors (Lipinski definition) is 2. The molecule has 3 aromatic rings. The number of halogens is 3. The Morgan fingerprint density at radius 1 is 1.19 bits per heavy atom. The molecule has 32 heavy (non-hydrogen) atoms. The second kappa shape index (κ2) is 7.63. The van der Waals surface area contributed by atoms with E-state index in [4.69, 9.17) is 0 Å². The van der Waals surface area contributed by atoms with E-state index >= 15 is 4.39 Å². The maximum atomic E-state index is 15.0. The molecule has 0 radical (unpaired) electrons. The number of benzene rings is 1. The van der Waals surface area contributed by atoms with Crippen molar-refractivity contribution in [1.82, 2.24) is 9.55 Å². The Hall–Kier alpha value is -3.40. The minimum atomic E-state index is -1.58. The third kappa shape index (κ3) is 3.60. The predicted molar refractivity (Wildman–Crippen MR) is 111 cm³/mol. The van der Waals surface area contributed by atoms with Crippen LogP contribution in [0.4, 0.5) is 19.0 Å². The number of anilines is 1. The first-order chi connectivity index (χ1) is 15.0. The van der Waals surface area contributed by atoms with Gasteiger partial charge in [-0.05, 0) is 24.6 Å². The average Bonchev–Trinajstić information content (AvgIpc) is 2.70. The quantitative estimate of drug-likeness (QED) is 0.641. The topological polar surface area (TPSA) is 95.7 Å². The van der Waals surface area contributed by atoms with Crippen molar-refractivity contribution in [3.63, 3.8) is 0 Å². The van der Waals surface area contributed by atoms with E-state index in [1.165, 1.54) is 0 Å². The second-order valence-electron chi connectivity index (χ2n) is 8.52. The lowest BCUT2D eigenvalue weighted by Gasteiger charge is -2.42. The molecule has 3 heterocycles. The Morgan fingerprint density at radius 2 is 1.91 bits per heavy atom. The van der Waals surface area contributed by atoms with Gasteiger partial charge in [-0.3, -0.25) is 9.36 Å². The molecule has 0 aliphatic carbocycles. The van der Waals surface area contributed by atoms with Crippen LogP contribution >= 0.6 is 0 Å². The zero-order chi connectivity index (χ0) is 23.4.